The number of hydrazine groups is 1. The van der Waals surface area contributed by atoms with E-state index >= 15 is 0 Å². The number of aryl methyl sites for hydroxylation is 1. The maximum Gasteiger partial charge on any atom is 0.271 e. The molecule has 1 aromatic carbocycles. The van der Waals surface area contributed by atoms with Crippen molar-refractivity contribution in [1.29, 1.82) is 0 Å². The van der Waals surface area contributed by atoms with Gasteiger partial charge in [-0.15, -0.1) is 0 Å². The second-order valence-corrected chi connectivity index (χ2v) is 4.53. The molecule has 6 heteroatoms. The third kappa shape index (κ3) is 3.33. The Bertz CT molecular complexity index is 644. The molecule has 0 saturated heterocycles. The lowest BCUT2D eigenvalue weighted by Gasteiger charge is -2.08. The predicted octanol–water partition coefficient (Wildman–Crippen LogP) is 2.12. The van der Waals surface area contributed by atoms with Crippen LogP contribution in [0.1, 0.15) is 26.3 Å². The molecule has 0 fully saturated rings. The number of aromatic nitrogens is 1. The fourth-order valence-corrected chi connectivity index (χ4v) is 1.88. The smallest absolute Gasteiger partial charge is 0.267 e. The van der Waals surface area contributed by atoms with Crippen molar-refractivity contribution < 1.29 is 9.59 Å². The molecule has 0 saturated carbocycles. The maximum atomic E-state index is 11.9. The monoisotopic (exact) mass is 289 g/mol. The van der Waals surface area contributed by atoms with Crippen molar-refractivity contribution in [2.75, 3.05) is 0 Å². The van der Waals surface area contributed by atoms with Crippen LogP contribution in [0.5, 0.6) is 0 Å². The number of nitrogens with one attached hydrogen (secondary N) is 2. The number of carbonyl (C=O) groups is 2. The van der Waals surface area contributed by atoms with Crippen LogP contribution in [-0.2, 0) is 0 Å². The quantitative estimate of drug-likeness (QED) is 0.832. The minimum atomic E-state index is -0.475. The molecular formula is C14H12ClN3O2. The zero-order chi connectivity index (χ0) is 14.5. The van der Waals surface area contributed by atoms with Crippen molar-refractivity contribution in [2.45, 2.75) is 6.92 Å². The van der Waals surface area contributed by atoms with E-state index in [9.17, 15) is 9.59 Å². The Labute approximate surface area is 120 Å². The van der Waals surface area contributed by atoms with Crippen molar-refractivity contribution in [1.82, 2.24) is 15.8 Å². The Morgan fingerprint density at radius 1 is 1.05 bits per heavy atom. The topological polar surface area (TPSA) is 71.1 Å². The molecule has 2 N–H and O–H groups in total. The standard InChI is InChI=1S/C14H12ClN3O2/c1-9-2-3-11(12(15)8-9)14(20)18-17-13(19)10-4-6-16-7-5-10/h2-8H,1H3,(H,17,19)(H,18,20). The second kappa shape index (κ2) is 6.16. The van der Waals surface area contributed by atoms with Gasteiger partial charge in [0.15, 0.2) is 0 Å². The van der Waals surface area contributed by atoms with Gasteiger partial charge < -0.3 is 0 Å². The van der Waals surface area contributed by atoms with Crippen LogP contribution in [0.15, 0.2) is 42.7 Å². The van der Waals surface area contributed by atoms with Gasteiger partial charge in [0.2, 0.25) is 0 Å². The maximum absolute atomic E-state index is 11.9. The summed E-state index contributed by atoms with van der Waals surface area (Å²) in [5.41, 5.74) is 6.28. The first-order chi connectivity index (χ1) is 9.58. The predicted molar refractivity (Wildman–Crippen MR) is 75.4 cm³/mol. The lowest BCUT2D eigenvalue weighted by Crippen LogP contribution is -2.41. The molecule has 0 aliphatic heterocycles. The van der Waals surface area contributed by atoms with E-state index < -0.39 is 11.8 Å². The molecule has 2 aromatic rings. The van der Waals surface area contributed by atoms with Crippen LogP contribution in [0, 0.1) is 6.92 Å². The molecule has 1 heterocycles. The summed E-state index contributed by atoms with van der Waals surface area (Å²) in [6.07, 6.45) is 2.99. The SMILES string of the molecule is Cc1ccc(C(=O)NNC(=O)c2ccncc2)c(Cl)c1. The number of benzene rings is 1. The molecular weight excluding hydrogens is 278 g/mol. The van der Waals surface area contributed by atoms with E-state index in [0.29, 0.717) is 16.1 Å². The van der Waals surface area contributed by atoms with Crippen LogP contribution in [-0.4, -0.2) is 16.8 Å². The Morgan fingerprint density at radius 2 is 1.70 bits per heavy atom. The van der Waals surface area contributed by atoms with Crippen molar-refractivity contribution in [3.8, 4) is 0 Å². The van der Waals surface area contributed by atoms with Crippen LogP contribution >= 0.6 is 11.6 Å². The molecule has 0 aliphatic carbocycles. The number of hydrogen-bond donors (Lipinski definition) is 2. The molecule has 1 aromatic heterocycles. The first kappa shape index (κ1) is 14.0. The highest BCUT2D eigenvalue weighted by Crippen LogP contribution is 2.17. The van der Waals surface area contributed by atoms with Crippen LogP contribution < -0.4 is 10.9 Å². The van der Waals surface area contributed by atoms with Crippen molar-refractivity contribution in [3.05, 3.63) is 64.4 Å². The fourth-order valence-electron chi connectivity index (χ4n) is 1.56. The molecule has 102 valence electrons. The number of carbonyl (C=O) groups excluding carboxylic acids is 2. The van der Waals surface area contributed by atoms with E-state index in [0.717, 1.165) is 5.56 Å². The Morgan fingerprint density at radius 3 is 2.35 bits per heavy atom. The lowest BCUT2D eigenvalue weighted by molar-refractivity contribution is 0.0846. The molecule has 0 spiro atoms. The fraction of sp³-hybridized carbons (Fsp3) is 0.0714. The third-order valence-corrected chi connectivity index (χ3v) is 2.91. The largest absolute Gasteiger partial charge is 0.271 e. The highest BCUT2D eigenvalue weighted by Gasteiger charge is 2.11. The number of rotatable bonds is 2. The average Bonchev–Trinajstić information content (AvgIpc) is 2.45. The summed E-state index contributed by atoms with van der Waals surface area (Å²) in [6.45, 7) is 1.87. The first-order valence-electron chi connectivity index (χ1n) is 5.85. The van der Waals surface area contributed by atoms with Crippen molar-refractivity contribution in [2.24, 2.45) is 0 Å². The number of hydrogen-bond acceptors (Lipinski definition) is 3. The van der Waals surface area contributed by atoms with E-state index in [1.807, 2.05) is 6.92 Å². The minimum Gasteiger partial charge on any atom is -0.267 e. The van der Waals surface area contributed by atoms with Crippen LogP contribution in [0.2, 0.25) is 5.02 Å². The highest BCUT2D eigenvalue weighted by molar-refractivity contribution is 6.33. The minimum absolute atomic E-state index is 0.298. The van der Waals surface area contributed by atoms with Crippen molar-refractivity contribution >= 4 is 23.4 Å². The molecule has 20 heavy (non-hydrogen) atoms. The van der Waals surface area contributed by atoms with Gasteiger partial charge >= 0.3 is 0 Å². The molecule has 0 radical (unpaired) electrons. The average molecular weight is 290 g/mol. The second-order valence-electron chi connectivity index (χ2n) is 4.13. The highest BCUT2D eigenvalue weighted by atomic mass is 35.5. The number of pyridine rings is 1. The Balaban J connectivity index is 2.00. The normalized spacial score (nSPS) is 9.90. The molecule has 0 atom stereocenters. The molecule has 5 nitrogen and oxygen atoms in total. The van der Waals surface area contributed by atoms with Gasteiger partial charge in [0.25, 0.3) is 11.8 Å². The van der Waals surface area contributed by atoms with E-state index in [1.165, 1.54) is 12.4 Å². The number of nitrogens with zero attached hydrogens (tertiary/aromatic N) is 1. The molecule has 2 rings (SSSR count). The first-order valence-corrected chi connectivity index (χ1v) is 6.22. The summed E-state index contributed by atoms with van der Waals surface area (Å²) in [6, 6.07) is 8.14. The van der Waals surface area contributed by atoms with Crippen LogP contribution in [0.25, 0.3) is 0 Å². The molecule has 0 unspecified atom stereocenters. The van der Waals surface area contributed by atoms with E-state index in [4.69, 9.17) is 11.6 Å². The van der Waals surface area contributed by atoms with Crippen molar-refractivity contribution in [3.63, 3.8) is 0 Å². The van der Waals surface area contributed by atoms with Gasteiger partial charge in [-0.2, -0.15) is 0 Å². The Hall–Kier alpha value is -2.40. The summed E-state index contributed by atoms with van der Waals surface area (Å²) in [5.74, 6) is -0.901. The van der Waals surface area contributed by atoms with Gasteiger partial charge in [0.1, 0.15) is 0 Å². The van der Waals surface area contributed by atoms with Gasteiger partial charge in [-0.05, 0) is 36.8 Å². The molecule has 0 bridgehead atoms. The zero-order valence-electron chi connectivity index (χ0n) is 10.7. The van der Waals surface area contributed by atoms with Gasteiger partial charge in [0, 0.05) is 18.0 Å². The summed E-state index contributed by atoms with van der Waals surface area (Å²) in [7, 11) is 0. The number of amides is 2. The van der Waals surface area contributed by atoms with E-state index in [-0.39, 0.29) is 0 Å². The number of halogens is 1. The van der Waals surface area contributed by atoms with Crippen LogP contribution in [0.4, 0.5) is 0 Å². The van der Waals surface area contributed by atoms with Gasteiger partial charge in [0.05, 0.1) is 10.6 Å². The lowest BCUT2D eigenvalue weighted by atomic mass is 10.1. The van der Waals surface area contributed by atoms with Gasteiger partial charge in [-0.3, -0.25) is 25.4 Å². The molecule has 2 amide bonds. The molecule has 0 aliphatic rings. The van der Waals surface area contributed by atoms with Crippen LogP contribution in [0.3, 0.4) is 0 Å². The van der Waals surface area contributed by atoms with Gasteiger partial charge in [-0.25, -0.2) is 0 Å². The summed E-state index contributed by atoms with van der Waals surface area (Å²) in [4.78, 5) is 27.4. The Kier molecular flexibility index (Phi) is 4.32. The summed E-state index contributed by atoms with van der Waals surface area (Å²) >= 11 is 5.97. The summed E-state index contributed by atoms with van der Waals surface area (Å²) < 4.78 is 0. The third-order valence-electron chi connectivity index (χ3n) is 2.60. The zero-order valence-corrected chi connectivity index (χ0v) is 11.4. The van der Waals surface area contributed by atoms with E-state index in [2.05, 4.69) is 15.8 Å². The summed E-state index contributed by atoms with van der Waals surface area (Å²) in [5, 5.41) is 0.334. The van der Waals surface area contributed by atoms with Gasteiger partial charge in [-0.1, -0.05) is 17.7 Å². The van der Waals surface area contributed by atoms with E-state index in [1.54, 1.807) is 30.3 Å².